The number of furan rings is 1. The fraction of sp³-hybridized carbons (Fsp3) is 0.357. The highest BCUT2D eigenvalue weighted by molar-refractivity contribution is 5.95. The van der Waals surface area contributed by atoms with Gasteiger partial charge >= 0.3 is 5.97 Å². The number of hydrogen-bond acceptors (Lipinski definition) is 3. The summed E-state index contributed by atoms with van der Waals surface area (Å²) < 4.78 is 5.41. The lowest BCUT2D eigenvalue weighted by Gasteiger charge is -2.14. The van der Waals surface area contributed by atoms with Crippen LogP contribution in [0.25, 0.3) is 11.0 Å². The molecule has 0 aliphatic carbocycles. The molecule has 0 aliphatic rings. The molecule has 0 saturated carbocycles. The molecule has 1 N–H and O–H groups in total. The lowest BCUT2D eigenvalue weighted by Crippen LogP contribution is -2.19. The first kappa shape index (κ1) is 12.6. The van der Waals surface area contributed by atoms with Gasteiger partial charge in [0.1, 0.15) is 5.58 Å². The van der Waals surface area contributed by atoms with E-state index in [0.29, 0.717) is 12.1 Å². The Morgan fingerprint density at radius 1 is 1.39 bits per heavy atom. The molecule has 96 valence electrons. The SMILES string of the molecule is CCCN(C)Cc1c(C(=O)O)oc2ccccc12. The summed E-state index contributed by atoms with van der Waals surface area (Å²) in [5, 5.41) is 10.1. The highest BCUT2D eigenvalue weighted by Crippen LogP contribution is 2.26. The van der Waals surface area contributed by atoms with Crippen LogP contribution in [0.1, 0.15) is 29.5 Å². The lowest BCUT2D eigenvalue weighted by atomic mass is 10.1. The highest BCUT2D eigenvalue weighted by atomic mass is 16.4. The van der Waals surface area contributed by atoms with Gasteiger partial charge in [0.15, 0.2) is 0 Å². The standard InChI is InChI=1S/C14H17NO3/c1-3-8-15(2)9-11-10-6-4-5-7-12(10)18-13(11)14(16)17/h4-7H,3,8-9H2,1-2H3,(H,16,17). The first-order chi connectivity index (χ1) is 8.63. The van der Waals surface area contributed by atoms with Crippen molar-refractivity contribution in [1.82, 2.24) is 4.90 Å². The van der Waals surface area contributed by atoms with Gasteiger partial charge in [-0.1, -0.05) is 25.1 Å². The molecule has 4 nitrogen and oxygen atoms in total. The van der Waals surface area contributed by atoms with Gasteiger partial charge in [-0.3, -0.25) is 0 Å². The van der Waals surface area contributed by atoms with E-state index in [1.807, 2.05) is 25.2 Å². The minimum Gasteiger partial charge on any atom is -0.475 e. The molecule has 2 aromatic rings. The normalized spacial score (nSPS) is 11.3. The summed E-state index contributed by atoms with van der Waals surface area (Å²) in [4.78, 5) is 13.3. The zero-order chi connectivity index (χ0) is 13.1. The highest BCUT2D eigenvalue weighted by Gasteiger charge is 2.20. The van der Waals surface area contributed by atoms with E-state index in [1.54, 1.807) is 6.07 Å². The number of nitrogens with zero attached hydrogens (tertiary/aromatic N) is 1. The molecular weight excluding hydrogens is 230 g/mol. The van der Waals surface area contributed by atoms with E-state index in [4.69, 9.17) is 4.42 Å². The number of aromatic carboxylic acids is 1. The molecule has 1 heterocycles. The third-order valence-electron chi connectivity index (χ3n) is 2.93. The molecule has 18 heavy (non-hydrogen) atoms. The predicted molar refractivity (Wildman–Crippen MR) is 69.8 cm³/mol. The Balaban J connectivity index is 2.45. The minimum atomic E-state index is -1.01. The Morgan fingerprint density at radius 3 is 2.78 bits per heavy atom. The average molecular weight is 247 g/mol. The Morgan fingerprint density at radius 2 is 2.11 bits per heavy atom. The van der Waals surface area contributed by atoms with Crippen LogP contribution < -0.4 is 0 Å². The number of para-hydroxylation sites is 1. The van der Waals surface area contributed by atoms with Crippen LogP contribution >= 0.6 is 0 Å². The molecule has 0 radical (unpaired) electrons. The fourth-order valence-corrected chi connectivity index (χ4v) is 2.16. The van der Waals surface area contributed by atoms with Crippen LogP contribution in [0.2, 0.25) is 0 Å². The zero-order valence-corrected chi connectivity index (χ0v) is 10.6. The van der Waals surface area contributed by atoms with Gasteiger partial charge < -0.3 is 14.4 Å². The first-order valence-corrected chi connectivity index (χ1v) is 6.05. The van der Waals surface area contributed by atoms with Gasteiger partial charge in [-0.05, 0) is 26.1 Å². The molecule has 1 aromatic heterocycles. The monoisotopic (exact) mass is 247 g/mol. The van der Waals surface area contributed by atoms with Crippen molar-refractivity contribution in [2.45, 2.75) is 19.9 Å². The van der Waals surface area contributed by atoms with Crippen LogP contribution in [0.4, 0.5) is 0 Å². The predicted octanol–water partition coefficient (Wildman–Crippen LogP) is 2.97. The Bertz CT molecular complexity index is 559. The lowest BCUT2D eigenvalue weighted by molar-refractivity contribution is 0.0662. The van der Waals surface area contributed by atoms with E-state index in [2.05, 4.69) is 11.8 Å². The molecule has 0 bridgehead atoms. The van der Waals surface area contributed by atoms with Crippen molar-refractivity contribution in [3.05, 3.63) is 35.6 Å². The molecule has 0 amide bonds. The summed E-state index contributed by atoms with van der Waals surface area (Å²) in [6.45, 7) is 3.62. The maximum atomic E-state index is 11.2. The van der Waals surface area contributed by atoms with E-state index in [0.717, 1.165) is 23.9 Å². The van der Waals surface area contributed by atoms with Crippen LogP contribution in [-0.2, 0) is 6.54 Å². The van der Waals surface area contributed by atoms with Crippen LogP contribution in [0.3, 0.4) is 0 Å². The van der Waals surface area contributed by atoms with E-state index in [1.165, 1.54) is 0 Å². The van der Waals surface area contributed by atoms with Crippen LogP contribution in [-0.4, -0.2) is 29.6 Å². The maximum Gasteiger partial charge on any atom is 0.372 e. The van der Waals surface area contributed by atoms with E-state index < -0.39 is 5.97 Å². The van der Waals surface area contributed by atoms with Crippen molar-refractivity contribution >= 4 is 16.9 Å². The van der Waals surface area contributed by atoms with E-state index >= 15 is 0 Å². The molecule has 1 aromatic carbocycles. The second kappa shape index (κ2) is 5.23. The Hall–Kier alpha value is -1.81. The molecule has 0 saturated heterocycles. The third-order valence-corrected chi connectivity index (χ3v) is 2.93. The van der Waals surface area contributed by atoms with Crippen molar-refractivity contribution in [2.75, 3.05) is 13.6 Å². The number of hydrogen-bond donors (Lipinski definition) is 1. The summed E-state index contributed by atoms with van der Waals surface area (Å²) in [7, 11) is 1.98. The molecule has 2 rings (SSSR count). The number of rotatable bonds is 5. The van der Waals surface area contributed by atoms with Crippen molar-refractivity contribution in [1.29, 1.82) is 0 Å². The number of carboxylic acid groups (broad SMARTS) is 1. The smallest absolute Gasteiger partial charge is 0.372 e. The van der Waals surface area contributed by atoms with Crippen molar-refractivity contribution in [3.8, 4) is 0 Å². The molecule has 0 unspecified atom stereocenters. The fourth-order valence-electron chi connectivity index (χ4n) is 2.16. The van der Waals surface area contributed by atoms with Gasteiger partial charge in [0.05, 0.1) is 0 Å². The van der Waals surface area contributed by atoms with Gasteiger partial charge in [-0.25, -0.2) is 4.79 Å². The number of carboxylic acids is 1. The second-order valence-electron chi connectivity index (χ2n) is 4.45. The van der Waals surface area contributed by atoms with Gasteiger partial charge in [-0.15, -0.1) is 0 Å². The van der Waals surface area contributed by atoms with Crippen LogP contribution in [0, 0.1) is 0 Å². The van der Waals surface area contributed by atoms with Gasteiger partial charge in [-0.2, -0.15) is 0 Å². The number of carbonyl (C=O) groups is 1. The van der Waals surface area contributed by atoms with E-state index in [-0.39, 0.29) is 5.76 Å². The topological polar surface area (TPSA) is 53.7 Å². The quantitative estimate of drug-likeness (QED) is 0.882. The summed E-state index contributed by atoms with van der Waals surface area (Å²) in [6.07, 6.45) is 1.04. The van der Waals surface area contributed by atoms with Crippen molar-refractivity contribution in [2.24, 2.45) is 0 Å². The molecular formula is C14H17NO3. The zero-order valence-electron chi connectivity index (χ0n) is 10.6. The molecule has 0 spiro atoms. The van der Waals surface area contributed by atoms with Crippen LogP contribution in [0.5, 0.6) is 0 Å². The maximum absolute atomic E-state index is 11.2. The number of benzene rings is 1. The van der Waals surface area contributed by atoms with Gasteiger partial charge in [0.2, 0.25) is 5.76 Å². The summed E-state index contributed by atoms with van der Waals surface area (Å²) in [6, 6.07) is 7.44. The molecule has 0 fully saturated rings. The van der Waals surface area contributed by atoms with Crippen molar-refractivity contribution in [3.63, 3.8) is 0 Å². The van der Waals surface area contributed by atoms with Gasteiger partial charge in [0.25, 0.3) is 0 Å². The summed E-state index contributed by atoms with van der Waals surface area (Å²) >= 11 is 0. The average Bonchev–Trinajstić information content (AvgIpc) is 2.69. The Kier molecular flexibility index (Phi) is 3.67. The van der Waals surface area contributed by atoms with Gasteiger partial charge in [0, 0.05) is 17.5 Å². The summed E-state index contributed by atoms with van der Waals surface area (Å²) in [5.74, 6) is -0.953. The molecule has 4 heteroatoms. The largest absolute Gasteiger partial charge is 0.475 e. The van der Waals surface area contributed by atoms with Crippen LogP contribution in [0.15, 0.2) is 28.7 Å². The van der Waals surface area contributed by atoms with E-state index in [9.17, 15) is 9.90 Å². The second-order valence-corrected chi connectivity index (χ2v) is 4.45. The third kappa shape index (κ3) is 2.38. The molecule has 0 atom stereocenters. The number of fused-ring (bicyclic) bond motifs is 1. The van der Waals surface area contributed by atoms with Crippen molar-refractivity contribution < 1.29 is 14.3 Å². The minimum absolute atomic E-state index is 0.0548. The Labute approximate surface area is 106 Å². The summed E-state index contributed by atoms with van der Waals surface area (Å²) in [5.41, 5.74) is 1.39. The first-order valence-electron chi connectivity index (χ1n) is 6.05. The molecule has 0 aliphatic heterocycles.